The Hall–Kier alpha value is -3.24. The number of imidazole rings is 1. The van der Waals surface area contributed by atoms with E-state index in [9.17, 15) is 18.0 Å². The Morgan fingerprint density at radius 2 is 1.76 bits per heavy atom. The molecular formula is C24H31N5O4S. The zero-order valence-electron chi connectivity index (χ0n) is 20.2. The summed E-state index contributed by atoms with van der Waals surface area (Å²) in [5, 5.41) is 5.71. The molecule has 0 fully saturated rings. The van der Waals surface area contributed by atoms with Crippen molar-refractivity contribution in [1.29, 1.82) is 0 Å². The zero-order valence-corrected chi connectivity index (χ0v) is 21.0. The van der Waals surface area contributed by atoms with Crippen molar-refractivity contribution in [2.45, 2.75) is 51.5 Å². The lowest BCUT2D eigenvalue weighted by molar-refractivity contribution is -0.116. The number of nitrogens with one attached hydrogen (secondary N) is 2. The summed E-state index contributed by atoms with van der Waals surface area (Å²) in [6.45, 7) is 6.29. The lowest BCUT2D eigenvalue weighted by Crippen LogP contribution is -2.22. The van der Waals surface area contributed by atoms with Crippen LogP contribution in [0, 0.1) is 6.92 Å². The first kappa shape index (κ1) is 25.4. The second-order valence-electron chi connectivity index (χ2n) is 8.19. The number of benzene rings is 2. The summed E-state index contributed by atoms with van der Waals surface area (Å²) in [7, 11) is -0.583. The SMILES string of the molecule is CCC(=O)Nc1ccc(C)c(NC(=O)CCc2nc3cc(S(=O)(=O)N(C)C)ccc3n2CC)c1. The average Bonchev–Trinajstić information content (AvgIpc) is 3.16. The summed E-state index contributed by atoms with van der Waals surface area (Å²) in [5.41, 5.74) is 3.56. The first-order chi connectivity index (χ1) is 16.1. The molecule has 2 N–H and O–H groups in total. The van der Waals surface area contributed by atoms with Crippen LogP contribution < -0.4 is 10.6 Å². The highest BCUT2D eigenvalue weighted by Crippen LogP contribution is 2.24. The number of carbonyl (C=O) groups excluding carboxylic acids is 2. The van der Waals surface area contributed by atoms with Gasteiger partial charge >= 0.3 is 0 Å². The van der Waals surface area contributed by atoms with Gasteiger partial charge < -0.3 is 15.2 Å². The molecular weight excluding hydrogens is 454 g/mol. The van der Waals surface area contributed by atoms with Crippen molar-refractivity contribution in [3.63, 3.8) is 0 Å². The standard InChI is InChI=1S/C24H31N5O4S/c1-6-23(30)25-17-9-8-16(3)19(14-17)27-24(31)13-12-22-26-20-15-18(34(32,33)28(4)5)10-11-21(20)29(22)7-2/h8-11,14-15H,6-7,12-13H2,1-5H3,(H,25,30)(H,27,31). The molecule has 9 nitrogen and oxygen atoms in total. The predicted octanol–water partition coefficient (Wildman–Crippen LogP) is 3.53. The average molecular weight is 486 g/mol. The Morgan fingerprint density at radius 3 is 2.41 bits per heavy atom. The minimum atomic E-state index is -3.56. The minimum absolute atomic E-state index is 0.0962. The van der Waals surface area contributed by atoms with Crippen molar-refractivity contribution in [2.75, 3.05) is 24.7 Å². The number of carbonyl (C=O) groups is 2. The maximum Gasteiger partial charge on any atom is 0.242 e. The molecule has 182 valence electrons. The second kappa shape index (κ2) is 10.4. The molecule has 0 aliphatic heterocycles. The van der Waals surface area contributed by atoms with Crippen LogP contribution in [-0.2, 0) is 32.6 Å². The van der Waals surface area contributed by atoms with E-state index in [0.29, 0.717) is 42.1 Å². The number of anilines is 2. The highest BCUT2D eigenvalue weighted by Gasteiger charge is 2.20. The number of sulfonamides is 1. The van der Waals surface area contributed by atoms with Gasteiger partial charge in [-0.25, -0.2) is 17.7 Å². The van der Waals surface area contributed by atoms with E-state index in [4.69, 9.17) is 0 Å². The Labute approximate surface area is 200 Å². The van der Waals surface area contributed by atoms with Crippen LogP contribution in [0.25, 0.3) is 11.0 Å². The third kappa shape index (κ3) is 5.45. The molecule has 0 aliphatic carbocycles. The number of aryl methyl sites for hydroxylation is 3. The Kier molecular flexibility index (Phi) is 7.73. The molecule has 0 saturated heterocycles. The van der Waals surface area contributed by atoms with Gasteiger partial charge in [0.2, 0.25) is 21.8 Å². The third-order valence-electron chi connectivity index (χ3n) is 5.59. The van der Waals surface area contributed by atoms with Crippen LogP contribution in [-0.4, -0.2) is 48.2 Å². The molecule has 0 atom stereocenters. The summed E-state index contributed by atoms with van der Waals surface area (Å²) in [5.74, 6) is 0.446. The van der Waals surface area contributed by atoms with Gasteiger partial charge in [0.15, 0.2) is 0 Å². The first-order valence-electron chi connectivity index (χ1n) is 11.2. The van der Waals surface area contributed by atoms with Crippen LogP contribution in [0.15, 0.2) is 41.3 Å². The van der Waals surface area contributed by atoms with Gasteiger partial charge in [-0.2, -0.15) is 0 Å². The van der Waals surface area contributed by atoms with Crippen molar-refractivity contribution < 1.29 is 18.0 Å². The van der Waals surface area contributed by atoms with Crippen molar-refractivity contribution in [1.82, 2.24) is 13.9 Å². The molecule has 10 heteroatoms. The molecule has 0 spiro atoms. The van der Waals surface area contributed by atoms with Crippen molar-refractivity contribution >= 4 is 44.2 Å². The molecule has 0 aliphatic rings. The van der Waals surface area contributed by atoms with E-state index in [2.05, 4.69) is 15.6 Å². The summed E-state index contributed by atoms with van der Waals surface area (Å²) in [6.07, 6.45) is 0.975. The zero-order chi connectivity index (χ0) is 25.0. The number of amides is 2. The lowest BCUT2D eigenvalue weighted by Gasteiger charge is -2.12. The Balaban J connectivity index is 1.77. The molecule has 3 rings (SSSR count). The second-order valence-corrected chi connectivity index (χ2v) is 10.3. The van der Waals surface area contributed by atoms with Crippen LogP contribution >= 0.6 is 0 Å². The van der Waals surface area contributed by atoms with E-state index < -0.39 is 10.0 Å². The van der Waals surface area contributed by atoms with Gasteiger partial charge in [0, 0.05) is 51.3 Å². The van der Waals surface area contributed by atoms with Gasteiger partial charge in [0.25, 0.3) is 0 Å². The van der Waals surface area contributed by atoms with E-state index in [-0.39, 0.29) is 23.1 Å². The molecule has 34 heavy (non-hydrogen) atoms. The van der Waals surface area contributed by atoms with Crippen LogP contribution in [0.3, 0.4) is 0 Å². The van der Waals surface area contributed by atoms with Crippen molar-refractivity contribution in [3.8, 4) is 0 Å². The van der Waals surface area contributed by atoms with Gasteiger partial charge in [0.05, 0.1) is 15.9 Å². The highest BCUT2D eigenvalue weighted by molar-refractivity contribution is 7.89. The molecule has 0 radical (unpaired) electrons. The summed E-state index contributed by atoms with van der Waals surface area (Å²) >= 11 is 0. The van der Waals surface area contributed by atoms with Crippen LogP contribution in [0.5, 0.6) is 0 Å². The fourth-order valence-corrected chi connectivity index (χ4v) is 4.52. The van der Waals surface area contributed by atoms with Crippen LogP contribution in [0.4, 0.5) is 11.4 Å². The molecule has 1 aromatic heterocycles. The van der Waals surface area contributed by atoms with E-state index in [1.807, 2.05) is 24.5 Å². The first-order valence-corrected chi connectivity index (χ1v) is 12.6. The van der Waals surface area contributed by atoms with Gasteiger partial charge in [-0.3, -0.25) is 9.59 Å². The number of aromatic nitrogens is 2. The molecule has 3 aromatic rings. The fraction of sp³-hybridized carbons (Fsp3) is 0.375. The maximum atomic E-state index is 12.7. The normalized spacial score (nSPS) is 11.7. The molecule has 0 saturated carbocycles. The number of hydrogen-bond donors (Lipinski definition) is 2. The Morgan fingerprint density at radius 1 is 1.03 bits per heavy atom. The molecule has 2 aromatic carbocycles. The largest absolute Gasteiger partial charge is 0.328 e. The maximum absolute atomic E-state index is 12.7. The third-order valence-corrected chi connectivity index (χ3v) is 7.40. The fourth-order valence-electron chi connectivity index (χ4n) is 3.60. The van der Waals surface area contributed by atoms with Gasteiger partial charge in [-0.1, -0.05) is 13.0 Å². The highest BCUT2D eigenvalue weighted by atomic mass is 32.2. The smallest absolute Gasteiger partial charge is 0.242 e. The minimum Gasteiger partial charge on any atom is -0.328 e. The monoisotopic (exact) mass is 485 g/mol. The topological polar surface area (TPSA) is 113 Å². The van der Waals surface area contributed by atoms with E-state index in [1.165, 1.54) is 18.4 Å². The summed E-state index contributed by atoms with van der Waals surface area (Å²) < 4.78 is 28.1. The lowest BCUT2D eigenvalue weighted by atomic mass is 10.1. The summed E-state index contributed by atoms with van der Waals surface area (Å²) in [6, 6.07) is 10.3. The van der Waals surface area contributed by atoms with E-state index in [0.717, 1.165) is 11.1 Å². The van der Waals surface area contributed by atoms with Crippen molar-refractivity contribution in [2.24, 2.45) is 0 Å². The predicted molar refractivity (Wildman–Crippen MR) is 133 cm³/mol. The molecule has 1 heterocycles. The quantitative estimate of drug-likeness (QED) is 0.481. The number of fused-ring (bicyclic) bond motifs is 1. The van der Waals surface area contributed by atoms with E-state index >= 15 is 0 Å². The molecule has 2 amide bonds. The van der Waals surface area contributed by atoms with Gasteiger partial charge in [-0.15, -0.1) is 0 Å². The number of rotatable bonds is 9. The number of nitrogens with zero attached hydrogens (tertiary/aromatic N) is 3. The molecule has 0 bridgehead atoms. The molecule has 0 unspecified atom stereocenters. The van der Waals surface area contributed by atoms with Gasteiger partial charge in [-0.05, 0) is 49.7 Å². The van der Waals surface area contributed by atoms with Crippen LogP contribution in [0.2, 0.25) is 0 Å². The Bertz CT molecular complexity index is 1330. The van der Waals surface area contributed by atoms with Crippen LogP contribution in [0.1, 0.15) is 38.1 Å². The van der Waals surface area contributed by atoms with Crippen molar-refractivity contribution in [3.05, 3.63) is 47.8 Å². The summed E-state index contributed by atoms with van der Waals surface area (Å²) in [4.78, 5) is 29.1. The van der Waals surface area contributed by atoms with Gasteiger partial charge in [0.1, 0.15) is 5.82 Å². The van der Waals surface area contributed by atoms with E-state index in [1.54, 1.807) is 37.3 Å². The number of hydrogen-bond acceptors (Lipinski definition) is 5.